The molecule has 118 valence electrons. The molecule has 1 atom stereocenters. The zero-order valence-corrected chi connectivity index (χ0v) is 13.3. The monoisotopic (exact) mass is 373 g/mol. The highest BCUT2D eigenvalue weighted by Gasteiger charge is 2.19. The molecule has 22 heavy (non-hydrogen) atoms. The van der Waals surface area contributed by atoms with Crippen LogP contribution in [-0.2, 0) is 19.1 Å². The number of amides is 2. The first-order chi connectivity index (χ1) is 10.3. The van der Waals surface area contributed by atoms with Gasteiger partial charge in [-0.3, -0.25) is 10.1 Å². The Morgan fingerprint density at radius 3 is 2.68 bits per heavy atom. The van der Waals surface area contributed by atoms with Gasteiger partial charge in [0, 0.05) is 16.1 Å². The SMILES string of the molecule is COC(=O)NC(=O)[C@H](C)OC(=O)/C=C/c1cc(Br)ccc1F. The van der Waals surface area contributed by atoms with E-state index in [0.717, 1.165) is 13.2 Å². The largest absolute Gasteiger partial charge is 0.453 e. The van der Waals surface area contributed by atoms with Gasteiger partial charge in [-0.1, -0.05) is 15.9 Å². The van der Waals surface area contributed by atoms with Crippen LogP contribution in [0.1, 0.15) is 12.5 Å². The van der Waals surface area contributed by atoms with E-state index in [0.29, 0.717) is 4.47 Å². The van der Waals surface area contributed by atoms with Crippen molar-refractivity contribution >= 4 is 40.0 Å². The zero-order chi connectivity index (χ0) is 16.7. The van der Waals surface area contributed by atoms with Gasteiger partial charge in [0.15, 0.2) is 6.10 Å². The van der Waals surface area contributed by atoms with Crippen molar-refractivity contribution < 1.29 is 28.2 Å². The molecule has 0 saturated carbocycles. The van der Waals surface area contributed by atoms with Gasteiger partial charge in [0.1, 0.15) is 5.82 Å². The zero-order valence-electron chi connectivity index (χ0n) is 11.8. The number of carbonyl (C=O) groups excluding carboxylic acids is 3. The molecule has 0 aliphatic heterocycles. The van der Waals surface area contributed by atoms with Crippen LogP contribution in [0.2, 0.25) is 0 Å². The minimum absolute atomic E-state index is 0.179. The van der Waals surface area contributed by atoms with Gasteiger partial charge in [0.25, 0.3) is 5.91 Å². The Labute approximate surface area is 134 Å². The fourth-order valence-corrected chi connectivity index (χ4v) is 1.70. The van der Waals surface area contributed by atoms with Crippen molar-refractivity contribution in [2.45, 2.75) is 13.0 Å². The number of ether oxygens (including phenoxy) is 2. The molecule has 0 aliphatic rings. The quantitative estimate of drug-likeness (QED) is 0.647. The van der Waals surface area contributed by atoms with E-state index in [4.69, 9.17) is 4.74 Å². The number of alkyl carbamates (subject to hydrolysis) is 1. The highest BCUT2D eigenvalue weighted by atomic mass is 79.9. The summed E-state index contributed by atoms with van der Waals surface area (Å²) in [6.07, 6.45) is 0.0309. The maximum Gasteiger partial charge on any atom is 0.413 e. The first-order valence-corrected chi connectivity index (χ1v) is 6.85. The maximum atomic E-state index is 13.5. The molecule has 0 unspecified atom stereocenters. The molecule has 0 aliphatic carbocycles. The minimum Gasteiger partial charge on any atom is -0.453 e. The fraction of sp³-hybridized carbons (Fsp3) is 0.214. The van der Waals surface area contributed by atoms with Gasteiger partial charge < -0.3 is 9.47 Å². The number of carbonyl (C=O) groups is 3. The third kappa shape index (κ3) is 5.65. The molecule has 0 saturated heterocycles. The normalized spacial score (nSPS) is 11.8. The molecule has 0 heterocycles. The summed E-state index contributed by atoms with van der Waals surface area (Å²) < 4.78 is 23.1. The predicted molar refractivity (Wildman–Crippen MR) is 79.2 cm³/mol. The predicted octanol–water partition coefficient (Wildman–Crippen LogP) is 2.42. The minimum atomic E-state index is -1.20. The van der Waals surface area contributed by atoms with Crippen LogP contribution in [0.5, 0.6) is 0 Å². The fourth-order valence-electron chi connectivity index (χ4n) is 1.32. The second kappa shape index (κ2) is 8.28. The number of benzene rings is 1. The molecule has 0 aromatic heterocycles. The van der Waals surface area contributed by atoms with Gasteiger partial charge in [0.2, 0.25) is 0 Å². The van der Waals surface area contributed by atoms with Crippen molar-refractivity contribution in [3.05, 3.63) is 40.1 Å². The molecular formula is C14H13BrFNO5. The lowest BCUT2D eigenvalue weighted by Gasteiger charge is -2.10. The average molecular weight is 374 g/mol. The Morgan fingerprint density at radius 1 is 1.36 bits per heavy atom. The Kier molecular flexibility index (Phi) is 6.71. The summed E-state index contributed by atoms with van der Waals surface area (Å²) in [5.41, 5.74) is 0.179. The molecule has 6 nitrogen and oxygen atoms in total. The highest BCUT2D eigenvalue weighted by molar-refractivity contribution is 9.10. The van der Waals surface area contributed by atoms with Gasteiger partial charge in [-0.25, -0.2) is 14.0 Å². The second-order valence-corrected chi connectivity index (χ2v) is 4.97. The van der Waals surface area contributed by atoms with Crippen molar-refractivity contribution in [3.63, 3.8) is 0 Å². The Bertz CT molecular complexity index is 617. The molecule has 0 bridgehead atoms. The van der Waals surface area contributed by atoms with Gasteiger partial charge in [0.05, 0.1) is 7.11 Å². The first-order valence-electron chi connectivity index (χ1n) is 6.06. The van der Waals surface area contributed by atoms with Crippen LogP contribution in [0.15, 0.2) is 28.7 Å². The van der Waals surface area contributed by atoms with E-state index >= 15 is 0 Å². The number of methoxy groups -OCH3 is 1. The third-order valence-electron chi connectivity index (χ3n) is 2.43. The van der Waals surface area contributed by atoms with Crippen LogP contribution in [0.3, 0.4) is 0 Å². The van der Waals surface area contributed by atoms with Gasteiger partial charge in [-0.2, -0.15) is 0 Å². The van der Waals surface area contributed by atoms with Gasteiger partial charge >= 0.3 is 12.1 Å². The van der Waals surface area contributed by atoms with Crippen molar-refractivity contribution in [3.8, 4) is 0 Å². The lowest BCUT2D eigenvalue weighted by molar-refractivity contribution is -0.149. The lowest BCUT2D eigenvalue weighted by atomic mass is 10.2. The topological polar surface area (TPSA) is 81.7 Å². The summed E-state index contributed by atoms with van der Waals surface area (Å²) in [6, 6.07) is 4.23. The van der Waals surface area contributed by atoms with Crippen LogP contribution in [-0.4, -0.2) is 31.2 Å². The molecule has 2 amide bonds. The molecule has 1 N–H and O–H groups in total. The summed E-state index contributed by atoms with van der Waals surface area (Å²) in [6.45, 7) is 1.28. The number of nitrogens with one attached hydrogen (secondary N) is 1. The molecular weight excluding hydrogens is 361 g/mol. The average Bonchev–Trinajstić information content (AvgIpc) is 2.47. The number of esters is 1. The van der Waals surface area contributed by atoms with Crippen LogP contribution < -0.4 is 5.32 Å². The van der Waals surface area contributed by atoms with Crippen LogP contribution >= 0.6 is 15.9 Å². The molecule has 1 aromatic rings. The lowest BCUT2D eigenvalue weighted by Crippen LogP contribution is -2.39. The van der Waals surface area contributed by atoms with Crippen molar-refractivity contribution in [1.82, 2.24) is 5.32 Å². The maximum absolute atomic E-state index is 13.5. The molecule has 1 rings (SSSR count). The number of halogens is 2. The van der Waals surface area contributed by atoms with Crippen molar-refractivity contribution in [2.75, 3.05) is 7.11 Å². The summed E-state index contributed by atoms with van der Waals surface area (Å²) in [5.74, 6) is -2.20. The Morgan fingerprint density at radius 2 is 2.05 bits per heavy atom. The number of rotatable bonds is 4. The summed E-state index contributed by atoms with van der Waals surface area (Å²) in [4.78, 5) is 33.8. The van der Waals surface area contributed by atoms with Crippen LogP contribution in [0.4, 0.5) is 9.18 Å². The van der Waals surface area contributed by atoms with E-state index in [2.05, 4.69) is 20.7 Å². The standard InChI is InChI=1S/C14H13BrFNO5/c1-8(13(19)17-14(20)21-2)22-12(18)6-3-9-7-10(15)4-5-11(9)16/h3-8H,1-2H3,(H,17,19,20)/b6-3+/t8-/m0/s1. The van der Waals surface area contributed by atoms with E-state index in [1.807, 2.05) is 5.32 Å². The Balaban J connectivity index is 2.62. The second-order valence-electron chi connectivity index (χ2n) is 4.06. The summed E-state index contributed by atoms with van der Waals surface area (Å²) in [5, 5.41) is 1.86. The smallest absolute Gasteiger partial charge is 0.413 e. The molecule has 0 spiro atoms. The molecule has 1 aromatic carbocycles. The van der Waals surface area contributed by atoms with E-state index < -0.39 is 29.9 Å². The summed E-state index contributed by atoms with van der Waals surface area (Å²) in [7, 11) is 1.09. The van der Waals surface area contributed by atoms with Crippen molar-refractivity contribution in [1.29, 1.82) is 0 Å². The number of hydrogen-bond acceptors (Lipinski definition) is 5. The van der Waals surface area contributed by atoms with Crippen molar-refractivity contribution in [2.24, 2.45) is 0 Å². The van der Waals surface area contributed by atoms with Crippen LogP contribution in [0, 0.1) is 5.82 Å². The van der Waals surface area contributed by atoms with Gasteiger partial charge in [-0.05, 0) is 31.2 Å². The van der Waals surface area contributed by atoms with Crippen LogP contribution in [0.25, 0.3) is 6.08 Å². The van der Waals surface area contributed by atoms with E-state index in [1.54, 1.807) is 0 Å². The number of imide groups is 1. The highest BCUT2D eigenvalue weighted by Crippen LogP contribution is 2.16. The van der Waals surface area contributed by atoms with E-state index in [-0.39, 0.29) is 5.56 Å². The van der Waals surface area contributed by atoms with Gasteiger partial charge in [-0.15, -0.1) is 0 Å². The third-order valence-corrected chi connectivity index (χ3v) is 2.92. The van der Waals surface area contributed by atoms with E-state index in [9.17, 15) is 18.8 Å². The molecule has 0 radical (unpaired) electrons. The summed E-state index contributed by atoms with van der Waals surface area (Å²) >= 11 is 3.18. The number of hydrogen-bond donors (Lipinski definition) is 1. The first kappa shape index (κ1) is 17.8. The molecule has 8 heteroatoms. The molecule has 0 fully saturated rings. The Hall–Kier alpha value is -2.22. The van der Waals surface area contributed by atoms with E-state index in [1.165, 1.54) is 31.2 Å².